The first-order chi connectivity index (χ1) is 16.5. The van der Waals surface area contributed by atoms with Crippen LogP contribution in [0.3, 0.4) is 0 Å². The van der Waals surface area contributed by atoms with Gasteiger partial charge in [0.15, 0.2) is 5.78 Å². The highest BCUT2D eigenvalue weighted by atomic mass is 32.1. The lowest BCUT2D eigenvalue weighted by atomic mass is 10.1. The molecule has 0 spiro atoms. The van der Waals surface area contributed by atoms with E-state index in [4.69, 9.17) is 9.72 Å². The van der Waals surface area contributed by atoms with Crippen molar-refractivity contribution in [2.75, 3.05) is 7.11 Å². The molecule has 0 bridgehead atoms. The van der Waals surface area contributed by atoms with Gasteiger partial charge in [-0.25, -0.2) is 4.98 Å². The van der Waals surface area contributed by atoms with E-state index < -0.39 is 0 Å². The molecule has 4 aromatic rings. The van der Waals surface area contributed by atoms with Gasteiger partial charge >= 0.3 is 0 Å². The molecule has 0 saturated carbocycles. The molecule has 0 radical (unpaired) electrons. The van der Waals surface area contributed by atoms with Crippen LogP contribution in [-0.2, 0) is 11.3 Å². The van der Waals surface area contributed by atoms with Gasteiger partial charge in [0.1, 0.15) is 10.8 Å². The third-order valence-corrected chi connectivity index (χ3v) is 6.42. The number of nitrogens with one attached hydrogen (secondary N) is 1. The summed E-state index contributed by atoms with van der Waals surface area (Å²) in [5.41, 5.74) is 5.84. The number of hydrogen-bond donors (Lipinski definition) is 1. The molecule has 0 atom stereocenters. The molecule has 34 heavy (non-hydrogen) atoms. The van der Waals surface area contributed by atoms with Crippen LogP contribution in [0.15, 0.2) is 78.2 Å². The van der Waals surface area contributed by atoms with Crippen LogP contribution in [0.1, 0.15) is 34.3 Å². The highest BCUT2D eigenvalue weighted by molar-refractivity contribution is 7.13. The molecule has 0 aliphatic rings. The summed E-state index contributed by atoms with van der Waals surface area (Å²) >= 11 is 1.61. The van der Waals surface area contributed by atoms with E-state index in [1.54, 1.807) is 29.5 Å². The lowest BCUT2D eigenvalue weighted by Gasteiger charge is -2.08. The molecule has 5 nitrogen and oxygen atoms in total. The van der Waals surface area contributed by atoms with Gasteiger partial charge < -0.3 is 10.1 Å². The smallest absolute Gasteiger partial charge is 0.220 e. The Balaban J connectivity index is 1.29. The van der Waals surface area contributed by atoms with Crippen LogP contribution in [0.4, 0.5) is 0 Å². The summed E-state index contributed by atoms with van der Waals surface area (Å²) in [7, 11) is 1.53. The fourth-order valence-electron chi connectivity index (χ4n) is 3.55. The van der Waals surface area contributed by atoms with Gasteiger partial charge in [-0.15, -0.1) is 11.3 Å². The summed E-state index contributed by atoms with van der Waals surface area (Å²) < 4.78 is 5.22. The van der Waals surface area contributed by atoms with Gasteiger partial charge in [0.25, 0.3) is 0 Å². The molecule has 172 valence electrons. The van der Waals surface area contributed by atoms with Crippen LogP contribution >= 0.6 is 11.3 Å². The second-order valence-electron chi connectivity index (χ2n) is 8.00. The number of rotatable bonds is 9. The number of aryl methyl sites for hydroxylation is 1. The molecular formula is C28H26N2O3S. The van der Waals surface area contributed by atoms with E-state index >= 15 is 0 Å². The van der Waals surface area contributed by atoms with Crippen LogP contribution in [0, 0.1) is 6.92 Å². The molecule has 0 unspecified atom stereocenters. The van der Waals surface area contributed by atoms with Crippen LogP contribution in [0.2, 0.25) is 0 Å². The maximum atomic E-state index is 12.4. The molecule has 0 saturated heterocycles. The zero-order chi connectivity index (χ0) is 23.9. The van der Waals surface area contributed by atoms with Gasteiger partial charge in [0.05, 0.1) is 18.4 Å². The van der Waals surface area contributed by atoms with E-state index in [1.165, 1.54) is 12.7 Å². The lowest BCUT2D eigenvalue weighted by molar-refractivity contribution is -0.121. The second kappa shape index (κ2) is 10.9. The first-order valence-corrected chi connectivity index (χ1v) is 12.0. The molecule has 1 amide bonds. The number of aromatic nitrogens is 1. The number of methoxy groups -OCH3 is 1. The van der Waals surface area contributed by atoms with Crippen LogP contribution in [-0.4, -0.2) is 23.8 Å². The number of ketones is 1. The molecule has 0 aliphatic carbocycles. The number of hydrogen-bond acceptors (Lipinski definition) is 5. The first-order valence-electron chi connectivity index (χ1n) is 11.1. The number of carbonyl (C=O) groups excluding carboxylic acids is 2. The molecule has 4 rings (SSSR count). The first kappa shape index (κ1) is 23.4. The lowest BCUT2D eigenvalue weighted by Crippen LogP contribution is -2.23. The minimum Gasteiger partial charge on any atom is -0.496 e. The van der Waals surface area contributed by atoms with Gasteiger partial charge in [-0.05, 0) is 24.6 Å². The van der Waals surface area contributed by atoms with Crippen molar-refractivity contribution in [3.05, 3.63) is 94.9 Å². The van der Waals surface area contributed by atoms with Gasteiger partial charge in [0, 0.05) is 35.9 Å². The fraction of sp³-hybridized carbons (Fsp3) is 0.179. The van der Waals surface area contributed by atoms with Gasteiger partial charge in [0.2, 0.25) is 5.91 Å². The Morgan fingerprint density at radius 1 is 0.912 bits per heavy atom. The SMILES string of the molecule is COc1ccccc1C(=O)CCC(=O)NCc1ccc(-c2nc(-c3ccc(C)cc3)cs2)cc1. The maximum Gasteiger partial charge on any atom is 0.220 e. The highest BCUT2D eigenvalue weighted by Gasteiger charge is 2.13. The standard InChI is InChI=1S/C28H26N2O3S/c1-19-7-11-21(12-8-19)24-18-34-28(30-24)22-13-9-20(10-14-22)17-29-27(32)16-15-25(31)23-5-3-4-6-26(23)33-2/h3-14,18H,15-17H2,1-2H3,(H,29,32). The zero-order valence-electron chi connectivity index (χ0n) is 19.2. The topological polar surface area (TPSA) is 68.3 Å². The summed E-state index contributed by atoms with van der Waals surface area (Å²) in [6.45, 7) is 2.48. The van der Waals surface area contributed by atoms with Crippen molar-refractivity contribution in [3.8, 4) is 27.6 Å². The summed E-state index contributed by atoms with van der Waals surface area (Å²) in [6, 6.07) is 23.4. The van der Waals surface area contributed by atoms with Crippen molar-refractivity contribution >= 4 is 23.0 Å². The average molecular weight is 471 g/mol. The fourth-order valence-corrected chi connectivity index (χ4v) is 4.39. The van der Waals surface area contributed by atoms with Crippen LogP contribution in [0.5, 0.6) is 5.75 Å². The minimum atomic E-state index is -0.157. The quantitative estimate of drug-likeness (QED) is 0.301. The predicted octanol–water partition coefficient (Wildman–Crippen LogP) is 6.07. The Hall–Kier alpha value is -3.77. The largest absolute Gasteiger partial charge is 0.496 e. The van der Waals surface area contributed by atoms with Gasteiger partial charge in [-0.1, -0.05) is 66.2 Å². The number of amides is 1. The summed E-state index contributed by atoms with van der Waals surface area (Å²) in [5.74, 6) is 0.264. The van der Waals surface area contributed by atoms with Crippen molar-refractivity contribution < 1.29 is 14.3 Å². The summed E-state index contributed by atoms with van der Waals surface area (Å²) in [4.78, 5) is 29.4. The highest BCUT2D eigenvalue weighted by Crippen LogP contribution is 2.29. The van der Waals surface area contributed by atoms with E-state index in [2.05, 4.69) is 41.9 Å². The zero-order valence-corrected chi connectivity index (χ0v) is 20.0. The Bertz CT molecular complexity index is 1280. The Morgan fingerprint density at radius 2 is 1.62 bits per heavy atom. The minimum absolute atomic E-state index is 0.106. The molecule has 1 heterocycles. The number of nitrogens with zero attached hydrogens (tertiary/aromatic N) is 1. The van der Waals surface area contributed by atoms with Crippen molar-refractivity contribution in [2.45, 2.75) is 26.3 Å². The molecular weight excluding hydrogens is 444 g/mol. The van der Waals surface area contributed by atoms with E-state index in [0.29, 0.717) is 17.9 Å². The van der Waals surface area contributed by atoms with E-state index in [0.717, 1.165) is 27.4 Å². The predicted molar refractivity (Wildman–Crippen MR) is 136 cm³/mol. The third-order valence-electron chi connectivity index (χ3n) is 5.53. The molecule has 1 N–H and O–H groups in total. The average Bonchev–Trinajstić information content (AvgIpc) is 3.37. The summed E-state index contributed by atoms with van der Waals surface area (Å²) in [5, 5.41) is 5.92. The third kappa shape index (κ3) is 5.77. The van der Waals surface area contributed by atoms with Crippen molar-refractivity contribution in [2.24, 2.45) is 0 Å². The molecule has 0 fully saturated rings. The maximum absolute atomic E-state index is 12.4. The number of benzene rings is 3. The Morgan fingerprint density at radius 3 is 2.35 bits per heavy atom. The van der Waals surface area contributed by atoms with E-state index in [9.17, 15) is 9.59 Å². The molecule has 3 aromatic carbocycles. The Labute approximate surface area is 203 Å². The van der Waals surface area contributed by atoms with Crippen LogP contribution < -0.4 is 10.1 Å². The summed E-state index contributed by atoms with van der Waals surface area (Å²) in [6.07, 6.45) is 0.272. The number of Topliss-reactive ketones (excluding diaryl/α,β-unsaturated/α-hetero) is 1. The van der Waals surface area contributed by atoms with Gasteiger partial charge in [-0.2, -0.15) is 0 Å². The molecule has 0 aliphatic heterocycles. The van der Waals surface area contributed by atoms with Gasteiger partial charge in [-0.3, -0.25) is 9.59 Å². The van der Waals surface area contributed by atoms with E-state index in [-0.39, 0.29) is 24.5 Å². The molecule has 6 heteroatoms. The monoisotopic (exact) mass is 470 g/mol. The van der Waals surface area contributed by atoms with Crippen molar-refractivity contribution in [3.63, 3.8) is 0 Å². The number of ether oxygens (including phenoxy) is 1. The number of para-hydroxylation sites is 1. The number of thiazole rings is 1. The van der Waals surface area contributed by atoms with Crippen molar-refractivity contribution in [1.29, 1.82) is 0 Å². The van der Waals surface area contributed by atoms with Crippen LogP contribution in [0.25, 0.3) is 21.8 Å². The normalized spacial score (nSPS) is 10.6. The van der Waals surface area contributed by atoms with E-state index in [1.807, 2.05) is 30.3 Å². The molecule has 1 aromatic heterocycles. The Kier molecular flexibility index (Phi) is 7.50. The second-order valence-corrected chi connectivity index (χ2v) is 8.86. The van der Waals surface area contributed by atoms with Crippen molar-refractivity contribution in [1.82, 2.24) is 10.3 Å². The number of carbonyl (C=O) groups is 2.